The molecule has 2 aromatic carbocycles. The van der Waals surface area contributed by atoms with Crippen LogP contribution in [0.4, 0.5) is 11.4 Å². The molecule has 0 amide bonds. The fourth-order valence-corrected chi connectivity index (χ4v) is 2.83. The molecule has 3 N–H and O–H groups in total. The molecule has 118 valence electrons. The van der Waals surface area contributed by atoms with Gasteiger partial charge in [-0.15, -0.1) is 0 Å². The van der Waals surface area contributed by atoms with Gasteiger partial charge in [-0.05, 0) is 36.8 Å². The maximum Gasteiger partial charge on any atom is 0.238 e. The molecule has 23 heavy (non-hydrogen) atoms. The average Bonchev–Trinajstić information content (AvgIpc) is 2.82. The van der Waals surface area contributed by atoms with E-state index in [2.05, 4.69) is 15.2 Å². The summed E-state index contributed by atoms with van der Waals surface area (Å²) >= 11 is 0. The maximum atomic E-state index is 11.2. The van der Waals surface area contributed by atoms with Gasteiger partial charge in [0, 0.05) is 5.56 Å². The second-order valence-corrected chi connectivity index (χ2v) is 6.70. The first-order valence-corrected chi connectivity index (χ1v) is 8.31. The highest BCUT2D eigenvalue weighted by atomic mass is 32.2. The van der Waals surface area contributed by atoms with Gasteiger partial charge in [-0.2, -0.15) is 10.2 Å². The summed E-state index contributed by atoms with van der Waals surface area (Å²) in [4.78, 5) is 4.12. The molecule has 0 fully saturated rings. The minimum Gasteiger partial charge on any atom is -0.495 e. The Hall–Kier alpha value is -2.58. The van der Waals surface area contributed by atoms with Crippen molar-refractivity contribution in [3.8, 4) is 0 Å². The van der Waals surface area contributed by atoms with E-state index in [1.165, 1.54) is 24.3 Å². The summed E-state index contributed by atoms with van der Waals surface area (Å²) in [5.74, 6) is -0.112. The topological polar surface area (TPSA) is 117 Å². The number of nitrogens with two attached hydrogens (primary N) is 1. The molecule has 8 heteroatoms. The number of aryl methyl sites for hydroxylation is 1. The number of nitrogens with zero attached hydrogens (tertiary/aromatic N) is 3. The maximum absolute atomic E-state index is 11.2. The molecule has 0 aromatic heterocycles. The Morgan fingerprint density at radius 1 is 1.17 bits per heavy atom. The smallest absolute Gasteiger partial charge is 0.238 e. The first kappa shape index (κ1) is 15.3. The summed E-state index contributed by atoms with van der Waals surface area (Å²) in [5, 5.41) is 23.2. The number of para-hydroxylation sites is 1. The first-order valence-electron chi connectivity index (χ1n) is 6.77. The van der Waals surface area contributed by atoms with E-state index >= 15 is 0 Å². The van der Waals surface area contributed by atoms with Gasteiger partial charge in [0.25, 0.3) is 0 Å². The molecule has 2 aromatic rings. The van der Waals surface area contributed by atoms with Gasteiger partial charge >= 0.3 is 0 Å². The van der Waals surface area contributed by atoms with Crippen LogP contribution in [0.3, 0.4) is 0 Å². The van der Waals surface area contributed by atoms with Gasteiger partial charge in [0.05, 0.1) is 16.3 Å². The van der Waals surface area contributed by atoms with Crippen LogP contribution in [-0.2, 0) is 10.0 Å². The number of aliphatic imine (C=N–C) groups is 1. The van der Waals surface area contributed by atoms with Gasteiger partial charge < -0.3 is 5.11 Å². The highest BCUT2D eigenvalue weighted by molar-refractivity contribution is 7.89. The second kappa shape index (κ2) is 5.56. The third kappa shape index (κ3) is 2.99. The normalized spacial score (nSPS) is 17.3. The van der Waals surface area contributed by atoms with E-state index in [-0.39, 0.29) is 10.8 Å². The van der Waals surface area contributed by atoms with Crippen molar-refractivity contribution >= 4 is 27.3 Å². The van der Waals surface area contributed by atoms with E-state index in [4.69, 9.17) is 5.14 Å². The van der Waals surface area contributed by atoms with E-state index in [0.717, 1.165) is 11.1 Å². The lowest BCUT2D eigenvalue weighted by molar-refractivity contribution is 0.520. The minimum absolute atomic E-state index is 0.00250. The summed E-state index contributed by atoms with van der Waals surface area (Å²) in [6.45, 7) is 1.90. The van der Waals surface area contributed by atoms with Crippen LogP contribution >= 0.6 is 0 Å². The minimum atomic E-state index is -3.74. The SMILES string of the molecule is Cc1cccc2c1N=C(O)C2/N=N/c1ccc(S(N)(=O)=O)cc1. The molecule has 1 heterocycles. The average molecular weight is 330 g/mol. The van der Waals surface area contributed by atoms with E-state index < -0.39 is 16.1 Å². The molecule has 0 spiro atoms. The largest absolute Gasteiger partial charge is 0.495 e. The molecule has 1 aliphatic rings. The zero-order chi connectivity index (χ0) is 16.6. The fraction of sp³-hybridized carbons (Fsp3) is 0.133. The second-order valence-electron chi connectivity index (χ2n) is 5.14. The lowest BCUT2D eigenvalue weighted by Crippen LogP contribution is -2.11. The zero-order valence-corrected chi connectivity index (χ0v) is 13.0. The number of aliphatic hydroxyl groups excluding tert-OH is 1. The molecule has 0 bridgehead atoms. The number of benzene rings is 2. The molecule has 0 aliphatic carbocycles. The molecule has 7 nitrogen and oxygen atoms in total. The van der Waals surface area contributed by atoms with Gasteiger partial charge in [-0.25, -0.2) is 18.5 Å². The van der Waals surface area contributed by atoms with E-state index in [9.17, 15) is 13.5 Å². The van der Waals surface area contributed by atoms with Crippen molar-refractivity contribution in [2.75, 3.05) is 0 Å². The van der Waals surface area contributed by atoms with Crippen LogP contribution in [0.5, 0.6) is 0 Å². The number of hydrogen-bond acceptors (Lipinski definition) is 5. The first-order chi connectivity index (χ1) is 10.9. The lowest BCUT2D eigenvalue weighted by Gasteiger charge is -2.05. The number of azo groups is 1. The Bertz CT molecular complexity index is 918. The van der Waals surface area contributed by atoms with E-state index in [1.807, 2.05) is 25.1 Å². The molecule has 1 atom stereocenters. The van der Waals surface area contributed by atoms with Crippen molar-refractivity contribution in [1.29, 1.82) is 0 Å². The third-order valence-electron chi connectivity index (χ3n) is 3.49. The quantitative estimate of drug-likeness (QED) is 0.842. The van der Waals surface area contributed by atoms with Crippen LogP contribution in [0.15, 0.2) is 62.6 Å². The number of fused-ring (bicyclic) bond motifs is 1. The van der Waals surface area contributed by atoms with Gasteiger partial charge in [0.15, 0.2) is 6.04 Å². The Kier molecular flexibility index (Phi) is 3.70. The molecule has 1 aliphatic heterocycles. The predicted octanol–water partition coefficient (Wildman–Crippen LogP) is 3.07. The summed E-state index contributed by atoms with van der Waals surface area (Å²) in [7, 11) is -3.74. The van der Waals surface area contributed by atoms with Crippen LogP contribution < -0.4 is 5.14 Å². The highest BCUT2D eigenvalue weighted by Gasteiger charge is 2.27. The summed E-state index contributed by atoms with van der Waals surface area (Å²) in [5.41, 5.74) is 2.89. The highest BCUT2D eigenvalue weighted by Crippen LogP contribution is 2.38. The van der Waals surface area contributed by atoms with Crippen molar-refractivity contribution in [2.24, 2.45) is 20.4 Å². The number of primary sulfonamides is 1. The van der Waals surface area contributed by atoms with Crippen molar-refractivity contribution in [3.63, 3.8) is 0 Å². The van der Waals surface area contributed by atoms with Crippen LogP contribution in [0, 0.1) is 6.92 Å². The molecule has 0 saturated carbocycles. The van der Waals surface area contributed by atoms with E-state index in [0.29, 0.717) is 11.4 Å². The number of hydrogen-bond donors (Lipinski definition) is 2. The van der Waals surface area contributed by atoms with Crippen molar-refractivity contribution < 1.29 is 13.5 Å². The predicted molar refractivity (Wildman–Crippen MR) is 86.0 cm³/mol. The monoisotopic (exact) mass is 330 g/mol. The summed E-state index contributed by atoms with van der Waals surface area (Å²) < 4.78 is 22.4. The van der Waals surface area contributed by atoms with Crippen molar-refractivity contribution in [1.82, 2.24) is 0 Å². The number of sulfonamides is 1. The molecular formula is C15H14N4O3S. The lowest BCUT2D eigenvalue weighted by atomic mass is 10.1. The number of rotatable bonds is 3. The van der Waals surface area contributed by atoms with Crippen molar-refractivity contribution in [3.05, 3.63) is 53.6 Å². The Morgan fingerprint density at radius 2 is 1.87 bits per heavy atom. The van der Waals surface area contributed by atoms with Crippen LogP contribution in [0.1, 0.15) is 17.2 Å². The van der Waals surface area contributed by atoms with Crippen LogP contribution in [0.2, 0.25) is 0 Å². The molecular weight excluding hydrogens is 316 g/mol. The van der Waals surface area contributed by atoms with E-state index in [1.54, 1.807) is 0 Å². The van der Waals surface area contributed by atoms with Gasteiger partial charge in [-0.3, -0.25) is 0 Å². The standard InChI is InChI=1S/C15H14N4O3S/c1-9-3-2-4-12-13(9)17-15(20)14(12)19-18-10-5-7-11(8-6-10)23(16,21)22/h2-8,14H,1H3,(H,17,20)(H2,16,21,22)/b19-18+. The fourth-order valence-electron chi connectivity index (χ4n) is 2.31. The third-order valence-corrected chi connectivity index (χ3v) is 4.42. The number of aliphatic hydroxyl groups is 1. The zero-order valence-electron chi connectivity index (χ0n) is 12.2. The van der Waals surface area contributed by atoms with Gasteiger partial charge in [-0.1, -0.05) is 18.2 Å². The molecule has 0 saturated heterocycles. The Labute approximate surface area is 133 Å². The summed E-state index contributed by atoms with van der Waals surface area (Å²) in [6.07, 6.45) is 0. The van der Waals surface area contributed by atoms with Gasteiger partial charge in [0.1, 0.15) is 0 Å². The summed E-state index contributed by atoms with van der Waals surface area (Å²) in [6, 6.07) is 10.6. The Balaban J connectivity index is 1.87. The molecule has 1 unspecified atom stereocenters. The van der Waals surface area contributed by atoms with Crippen molar-refractivity contribution in [2.45, 2.75) is 17.9 Å². The van der Waals surface area contributed by atoms with Gasteiger partial charge in [0.2, 0.25) is 15.9 Å². The molecule has 0 radical (unpaired) electrons. The van der Waals surface area contributed by atoms with Crippen LogP contribution in [-0.4, -0.2) is 19.4 Å². The van der Waals surface area contributed by atoms with Crippen LogP contribution in [0.25, 0.3) is 0 Å². The molecule has 3 rings (SSSR count). The Morgan fingerprint density at radius 3 is 2.52 bits per heavy atom.